The number of hydrogen-bond acceptors (Lipinski definition) is 2. The lowest BCUT2D eigenvalue weighted by atomic mass is 10.0. The summed E-state index contributed by atoms with van der Waals surface area (Å²) in [5, 5.41) is 0. The van der Waals surface area contributed by atoms with Crippen LogP contribution in [0.25, 0.3) is 0 Å². The molecule has 5 heteroatoms. The average molecular weight is 232 g/mol. The summed E-state index contributed by atoms with van der Waals surface area (Å²) in [7, 11) is 0. The number of rotatable bonds is 3. The normalized spacial score (nSPS) is 13.2. The van der Waals surface area contributed by atoms with Gasteiger partial charge in [-0.25, -0.2) is 0 Å². The van der Waals surface area contributed by atoms with E-state index in [1.54, 1.807) is 30.3 Å². The molecule has 0 aliphatic heterocycles. The van der Waals surface area contributed by atoms with Crippen molar-refractivity contribution < 1.29 is 22.7 Å². The molecule has 0 heterocycles. The third kappa shape index (κ3) is 3.92. The lowest BCUT2D eigenvalue weighted by molar-refractivity contribution is -0.187. The van der Waals surface area contributed by atoms with Crippen LogP contribution >= 0.6 is 0 Å². The van der Waals surface area contributed by atoms with Crippen LogP contribution in [0.15, 0.2) is 30.3 Å². The minimum absolute atomic E-state index is 0.634. The Balaban J connectivity index is 2.55. The van der Waals surface area contributed by atoms with Crippen LogP contribution in [0.4, 0.5) is 13.2 Å². The highest BCUT2D eigenvalue weighted by Crippen LogP contribution is 2.19. The lowest BCUT2D eigenvalue weighted by Crippen LogP contribution is -2.23. The van der Waals surface area contributed by atoms with Gasteiger partial charge in [0.25, 0.3) is 0 Å². The summed E-state index contributed by atoms with van der Waals surface area (Å²) in [6.07, 6.45) is -4.48. The van der Waals surface area contributed by atoms with Gasteiger partial charge in [-0.1, -0.05) is 30.3 Å². The van der Waals surface area contributed by atoms with E-state index >= 15 is 0 Å². The Morgan fingerprint density at radius 1 is 1.31 bits per heavy atom. The Kier molecular flexibility index (Phi) is 3.93. The molecule has 1 rings (SSSR count). The van der Waals surface area contributed by atoms with Crippen molar-refractivity contribution >= 4 is 5.97 Å². The zero-order valence-corrected chi connectivity index (χ0v) is 8.62. The summed E-state index contributed by atoms with van der Waals surface area (Å²) in [5.41, 5.74) is 0.634. The van der Waals surface area contributed by atoms with Crippen molar-refractivity contribution in [3.8, 4) is 0 Å². The van der Waals surface area contributed by atoms with Gasteiger partial charge in [-0.05, 0) is 12.5 Å². The van der Waals surface area contributed by atoms with Gasteiger partial charge in [0.05, 0.1) is 5.92 Å². The molecule has 0 radical (unpaired) electrons. The number of benzene rings is 1. The van der Waals surface area contributed by atoms with E-state index < -0.39 is 24.7 Å². The highest BCUT2D eigenvalue weighted by Gasteiger charge is 2.30. The second-order valence-electron chi connectivity index (χ2n) is 3.36. The van der Waals surface area contributed by atoms with Gasteiger partial charge in [0, 0.05) is 0 Å². The Labute approximate surface area is 91.0 Å². The van der Waals surface area contributed by atoms with E-state index in [9.17, 15) is 18.0 Å². The number of carbonyl (C=O) groups excluding carboxylic acids is 1. The van der Waals surface area contributed by atoms with Gasteiger partial charge in [-0.3, -0.25) is 4.79 Å². The molecular weight excluding hydrogens is 221 g/mol. The molecule has 0 amide bonds. The highest BCUT2D eigenvalue weighted by molar-refractivity contribution is 5.77. The molecule has 2 nitrogen and oxygen atoms in total. The number of halogens is 3. The predicted molar refractivity (Wildman–Crippen MR) is 51.9 cm³/mol. The molecule has 0 aromatic heterocycles. The number of alkyl halides is 3. The molecule has 0 aliphatic carbocycles. The predicted octanol–water partition coefficient (Wildman–Crippen LogP) is 2.90. The third-order valence-electron chi connectivity index (χ3n) is 2.03. The van der Waals surface area contributed by atoms with Crippen LogP contribution in [0.2, 0.25) is 0 Å². The minimum atomic E-state index is -4.48. The summed E-state index contributed by atoms with van der Waals surface area (Å²) < 4.78 is 39.6. The first-order chi connectivity index (χ1) is 7.40. The first-order valence-electron chi connectivity index (χ1n) is 4.68. The Hall–Kier alpha value is -1.52. The third-order valence-corrected chi connectivity index (χ3v) is 2.03. The maximum atomic E-state index is 11.8. The average Bonchev–Trinajstić information content (AvgIpc) is 2.25. The summed E-state index contributed by atoms with van der Waals surface area (Å²) in [6.45, 7) is -0.0307. The highest BCUT2D eigenvalue weighted by atomic mass is 19.4. The summed E-state index contributed by atoms with van der Waals surface area (Å²) in [6, 6.07) is 8.52. The van der Waals surface area contributed by atoms with Crippen molar-refractivity contribution in [2.45, 2.75) is 19.0 Å². The number of ether oxygens (including phenoxy) is 1. The van der Waals surface area contributed by atoms with Gasteiger partial charge in [0.2, 0.25) is 0 Å². The topological polar surface area (TPSA) is 26.3 Å². The largest absolute Gasteiger partial charge is 0.456 e. The summed E-state index contributed by atoms with van der Waals surface area (Å²) >= 11 is 0. The van der Waals surface area contributed by atoms with E-state index in [4.69, 9.17) is 0 Å². The van der Waals surface area contributed by atoms with Gasteiger partial charge < -0.3 is 4.74 Å². The van der Waals surface area contributed by atoms with E-state index in [2.05, 4.69) is 4.74 Å². The number of hydrogen-bond donors (Lipinski definition) is 0. The first kappa shape index (κ1) is 12.5. The Morgan fingerprint density at radius 3 is 2.38 bits per heavy atom. The van der Waals surface area contributed by atoms with Crippen LogP contribution in [0.1, 0.15) is 18.4 Å². The van der Waals surface area contributed by atoms with Crippen LogP contribution in [-0.4, -0.2) is 18.8 Å². The molecule has 0 unspecified atom stereocenters. The van der Waals surface area contributed by atoms with E-state index in [1.165, 1.54) is 6.92 Å². The lowest BCUT2D eigenvalue weighted by Gasteiger charge is -2.12. The molecule has 1 aromatic rings. The van der Waals surface area contributed by atoms with E-state index in [-0.39, 0.29) is 0 Å². The monoisotopic (exact) mass is 232 g/mol. The molecule has 0 aliphatic rings. The van der Waals surface area contributed by atoms with Crippen molar-refractivity contribution in [2.75, 3.05) is 6.61 Å². The molecule has 0 fully saturated rings. The van der Waals surface area contributed by atoms with Crippen LogP contribution in [-0.2, 0) is 9.53 Å². The maximum absolute atomic E-state index is 11.8. The zero-order chi connectivity index (χ0) is 12.2. The Bertz CT molecular complexity index is 346. The van der Waals surface area contributed by atoms with Gasteiger partial charge >= 0.3 is 12.1 Å². The SMILES string of the molecule is C[C@H](C(=O)OCC(F)(F)F)c1ccccc1. The van der Waals surface area contributed by atoms with Gasteiger partial charge in [-0.15, -0.1) is 0 Å². The molecule has 0 saturated heterocycles. The van der Waals surface area contributed by atoms with Crippen LogP contribution in [0.5, 0.6) is 0 Å². The molecule has 0 N–H and O–H groups in total. The van der Waals surface area contributed by atoms with Crippen LogP contribution < -0.4 is 0 Å². The van der Waals surface area contributed by atoms with Gasteiger partial charge in [0.1, 0.15) is 0 Å². The fraction of sp³-hybridized carbons (Fsp3) is 0.364. The molecule has 1 aromatic carbocycles. The van der Waals surface area contributed by atoms with Gasteiger partial charge in [-0.2, -0.15) is 13.2 Å². The van der Waals surface area contributed by atoms with Crippen molar-refractivity contribution in [2.24, 2.45) is 0 Å². The van der Waals surface area contributed by atoms with Crippen LogP contribution in [0.3, 0.4) is 0 Å². The number of carbonyl (C=O) groups is 1. The minimum Gasteiger partial charge on any atom is -0.456 e. The molecular formula is C11H11F3O2. The van der Waals surface area contributed by atoms with Crippen molar-refractivity contribution in [3.05, 3.63) is 35.9 Å². The fourth-order valence-electron chi connectivity index (χ4n) is 1.16. The van der Waals surface area contributed by atoms with E-state index in [0.717, 1.165) is 0 Å². The zero-order valence-electron chi connectivity index (χ0n) is 8.62. The van der Waals surface area contributed by atoms with Gasteiger partial charge in [0.15, 0.2) is 6.61 Å². The quantitative estimate of drug-likeness (QED) is 0.749. The maximum Gasteiger partial charge on any atom is 0.422 e. The first-order valence-corrected chi connectivity index (χ1v) is 4.68. The van der Waals surface area contributed by atoms with Crippen molar-refractivity contribution in [1.29, 1.82) is 0 Å². The van der Waals surface area contributed by atoms with E-state index in [0.29, 0.717) is 5.56 Å². The van der Waals surface area contributed by atoms with E-state index in [1.807, 2.05) is 0 Å². The standard InChI is InChI=1S/C11H11F3O2/c1-8(9-5-3-2-4-6-9)10(15)16-7-11(12,13)14/h2-6,8H,7H2,1H3/t8-/m0/s1. The molecule has 0 saturated carbocycles. The second-order valence-corrected chi connectivity index (χ2v) is 3.36. The summed E-state index contributed by atoms with van der Waals surface area (Å²) in [4.78, 5) is 11.3. The summed E-state index contributed by atoms with van der Waals surface area (Å²) in [5.74, 6) is -1.56. The Morgan fingerprint density at radius 2 is 1.88 bits per heavy atom. The molecule has 1 atom stereocenters. The van der Waals surface area contributed by atoms with Crippen LogP contribution in [0, 0.1) is 0 Å². The number of esters is 1. The van der Waals surface area contributed by atoms with Crippen molar-refractivity contribution in [3.63, 3.8) is 0 Å². The molecule has 88 valence electrons. The van der Waals surface area contributed by atoms with Crippen molar-refractivity contribution in [1.82, 2.24) is 0 Å². The molecule has 0 bridgehead atoms. The smallest absolute Gasteiger partial charge is 0.422 e. The second kappa shape index (κ2) is 5.01. The fourth-order valence-corrected chi connectivity index (χ4v) is 1.16. The molecule has 16 heavy (non-hydrogen) atoms. The molecule has 0 spiro atoms.